The van der Waals surface area contributed by atoms with Gasteiger partial charge in [0.2, 0.25) is 10.0 Å². The van der Waals surface area contributed by atoms with Crippen LogP contribution in [0.2, 0.25) is 5.15 Å². The lowest BCUT2D eigenvalue weighted by molar-refractivity contribution is 0.446. The van der Waals surface area contributed by atoms with Gasteiger partial charge in [0.15, 0.2) is 11.0 Å². The standard InChI is InChI=1S/C11H20ClN5O2S/c1-4-17(5-2)20(18,19)7-6-14-11-9(13-3)10(12)15-8-16-11/h8,13H,4-7H2,1-3H3,(H,14,15,16). The molecule has 0 atom stereocenters. The molecule has 0 aliphatic carbocycles. The molecule has 0 aliphatic rings. The van der Waals surface area contributed by atoms with E-state index in [9.17, 15) is 8.42 Å². The van der Waals surface area contributed by atoms with E-state index in [2.05, 4.69) is 20.6 Å². The molecule has 1 aromatic heterocycles. The summed E-state index contributed by atoms with van der Waals surface area (Å²) in [5.41, 5.74) is 0.550. The van der Waals surface area contributed by atoms with Crippen molar-refractivity contribution in [1.29, 1.82) is 0 Å². The van der Waals surface area contributed by atoms with Gasteiger partial charge in [0, 0.05) is 26.7 Å². The topological polar surface area (TPSA) is 87.2 Å². The lowest BCUT2D eigenvalue weighted by Crippen LogP contribution is -2.34. The van der Waals surface area contributed by atoms with Crippen LogP contribution in [0.25, 0.3) is 0 Å². The summed E-state index contributed by atoms with van der Waals surface area (Å²) in [4.78, 5) is 7.89. The van der Waals surface area contributed by atoms with Crippen molar-refractivity contribution in [3.63, 3.8) is 0 Å². The van der Waals surface area contributed by atoms with Crippen LogP contribution in [0.4, 0.5) is 11.5 Å². The number of halogens is 1. The first-order chi connectivity index (χ1) is 9.46. The number of aromatic nitrogens is 2. The van der Waals surface area contributed by atoms with Crippen LogP contribution in [0, 0.1) is 0 Å². The van der Waals surface area contributed by atoms with Gasteiger partial charge in [-0.3, -0.25) is 0 Å². The summed E-state index contributed by atoms with van der Waals surface area (Å²) in [5.74, 6) is 0.488. The van der Waals surface area contributed by atoms with Crippen LogP contribution in [-0.4, -0.2) is 55.1 Å². The van der Waals surface area contributed by atoms with E-state index in [0.29, 0.717) is 24.6 Å². The highest BCUT2D eigenvalue weighted by Crippen LogP contribution is 2.24. The van der Waals surface area contributed by atoms with Gasteiger partial charge in [-0.1, -0.05) is 25.4 Å². The Morgan fingerprint density at radius 3 is 2.50 bits per heavy atom. The van der Waals surface area contributed by atoms with Crippen molar-refractivity contribution < 1.29 is 8.42 Å². The van der Waals surface area contributed by atoms with Crippen LogP contribution in [-0.2, 0) is 10.0 Å². The average molecular weight is 322 g/mol. The quantitative estimate of drug-likeness (QED) is 0.701. The van der Waals surface area contributed by atoms with Crippen LogP contribution in [0.3, 0.4) is 0 Å². The first-order valence-corrected chi connectivity index (χ1v) is 8.34. The third-order valence-electron chi connectivity index (χ3n) is 2.80. The summed E-state index contributed by atoms with van der Waals surface area (Å²) in [5, 5.41) is 6.13. The van der Waals surface area contributed by atoms with E-state index in [1.807, 2.05) is 13.8 Å². The Morgan fingerprint density at radius 1 is 1.30 bits per heavy atom. The second-order valence-electron chi connectivity index (χ2n) is 3.97. The Kier molecular flexibility index (Phi) is 6.44. The minimum atomic E-state index is -3.25. The summed E-state index contributed by atoms with van der Waals surface area (Å²) >= 11 is 5.91. The molecule has 0 saturated heterocycles. The SMILES string of the molecule is CCN(CC)S(=O)(=O)CCNc1ncnc(Cl)c1NC. The molecule has 1 heterocycles. The van der Waals surface area contributed by atoms with E-state index >= 15 is 0 Å². The number of anilines is 2. The monoisotopic (exact) mass is 321 g/mol. The van der Waals surface area contributed by atoms with Crippen molar-refractivity contribution in [2.45, 2.75) is 13.8 Å². The van der Waals surface area contributed by atoms with E-state index in [4.69, 9.17) is 11.6 Å². The first-order valence-electron chi connectivity index (χ1n) is 6.36. The maximum atomic E-state index is 12.0. The lowest BCUT2D eigenvalue weighted by Gasteiger charge is -2.18. The number of hydrogen-bond acceptors (Lipinski definition) is 6. The zero-order valence-electron chi connectivity index (χ0n) is 11.9. The molecular formula is C11H20ClN5O2S. The summed E-state index contributed by atoms with van der Waals surface area (Å²) in [6.45, 7) is 4.83. The van der Waals surface area contributed by atoms with Crippen molar-refractivity contribution in [3.8, 4) is 0 Å². The average Bonchev–Trinajstić information content (AvgIpc) is 2.39. The van der Waals surface area contributed by atoms with Gasteiger partial charge in [0.05, 0.1) is 5.75 Å². The molecule has 0 spiro atoms. The fourth-order valence-electron chi connectivity index (χ4n) is 1.76. The Hall–Kier alpha value is -1.12. The molecule has 114 valence electrons. The van der Waals surface area contributed by atoms with Gasteiger partial charge in [0.25, 0.3) is 0 Å². The van der Waals surface area contributed by atoms with Crippen LogP contribution < -0.4 is 10.6 Å². The molecule has 0 aliphatic heterocycles. The maximum Gasteiger partial charge on any atom is 0.215 e. The number of hydrogen-bond donors (Lipinski definition) is 2. The van der Waals surface area contributed by atoms with Gasteiger partial charge in [-0.15, -0.1) is 0 Å². The van der Waals surface area contributed by atoms with E-state index in [0.717, 1.165) is 0 Å². The molecule has 0 aromatic carbocycles. The summed E-state index contributed by atoms with van der Waals surface area (Å²) < 4.78 is 25.5. The van der Waals surface area contributed by atoms with Crippen molar-refractivity contribution in [1.82, 2.24) is 14.3 Å². The molecule has 0 bridgehead atoms. The molecular weight excluding hydrogens is 302 g/mol. The third-order valence-corrected chi connectivity index (χ3v) is 5.11. The fraction of sp³-hybridized carbons (Fsp3) is 0.636. The molecule has 0 saturated carbocycles. The second kappa shape index (κ2) is 7.61. The highest BCUT2D eigenvalue weighted by molar-refractivity contribution is 7.89. The molecule has 2 N–H and O–H groups in total. The van der Waals surface area contributed by atoms with Gasteiger partial charge in [0.1, 0.15) is 12.0 Å². The number of sulfonamides is 1. The van der Waals surface area contributed by atoms with Gasteiger partial charge in [-0.25, -0.2) is 22.7 Å². The Balaban J connectivity index is 2.68. The highest BCUT2D eigenvalue weighted by Gasteiger charge is 2.18. The van der Waals surface area contributed by atoms with Gasteiger partial charge in [-0.2, -0.15) is 0 Å². The number of rotatable bonds is 8. The smallest absolute Gasteiger partial charge is 0.215 e. The van der Waals surface area contributed by atoms with Crippen LogP contribution in [0.15, 0.2) is 6.33 Å². The van der Waals surface area contributed by atoms with E-state index in [1.54, 1.807) is 7.05 Å². The number of nitrogens with one attached hydrogen (secondary N) is 2. The van der Waals surface area contributed by atoms with Crippen molar-refractivity contribution in [2.75, 3.05) is 43.1 Å². The van der Waals surface area contributed by atoms with Gasteiger partial charge in [-0.05, 0) is 0 Å². The Bertz CT molecular complexity index is 534. The molecule has 0 fully saturated rings. The number of nitrogens with zero attached hydrogens (tertiary/aromatic N) is 3. The predicted molar refractivity (Wildman–Crippen MR) is 81.8 cm³/mol. The molecule has 1 aromatic rings. The zero-order valence-corrected chi connectivity index (χ0v) is 13.4. The largest absolute Gasteiger partial charge is 0.383 e. The van der Waals surface area contributed by atoms with Gasteiger partial charge < -0.3 is 10.6 Å². The van der Waals surface area contributed by atoms with E-state index in [-0.39, 0.29) is 17.5 Å². The molecule has 0 unspecified atom stereocenters. The molecule has 1 rings (SSSR count). The normalized spacial score (nSPS) is 11.7. The molecule has 0 amide bonds. The zero-order chi connectivity index (χ0) is 15.2. The van der Waals surface area contributed by atoms with Crippen molar-refractivity contribution >= 4 is 33.1 Å². The predicted octanol–water partition coefficient (Wildman–Crippen LogP) is 1.26. The Morgan fingerprint density at radius 2 is 1.95 bits per heavy atom. The first kappa shape index (κ1) is 16.9. The van der Waals surface area contributed by atoms with Crippen LogP contribution in [0.5, 0.6) is 0 Å². The summed E-state index contributed by atoms with van der Waals surface area (Å²) in [6.07, 6.45) is 1.32. The van der Waals surface area contributed by atoms with E-state index in [1.165, 1.54) is 10.6 Å². The van der Waals surface area contributed by atoms with E-state index < -0.39 is 10.0 Å². The van der Waals surface area contributed by atoms with Crippen LogP contribution >= 0.6 is 11.6 Å². The molecule has 0 radical (unpaired) electrons. The summed E-state index contributed by atoms with van der Waals surface area (Å²) in [6, 6.07) is 0. The molecule has 7 nitrogen and oxygen atoms in total. The molecule has 9 heteroatoms. The highest BCUT2D eigenvalue weighted by atomic mass is 35.5. The second-order valence-corrected chi connectivity index (χ2v) is 6.41. The third kappa shape index (κ3) is 4.19. The maximum absolute atomic E-state index is 12.0. The molecule has 20 heavy (non-hydrogen) atoms. The lowest BCUT2D eigenvalue weighted by atomic mass is 10.4. The minimum absolute atomic E-state index is 0.000539. The van der Waals surface area contributed by atoms with Crippen molar-refractivity contribution in [2.24, 2.45) is 0 Å². The van der Waals surface area contributed by atoms with Crippen LogP contribution in [0.1, 0.15) is 13.8 Å². The summed E-state index contributed by atoms with van der Waals surface area (Å²) in [7, 11) is -1.55. The Labute approximate surface area is 124 Å². The fourth-order valence-corrected chi connectivity index (χ4v) is 3.40. The van der Waals surface area contributed by atoms with Gasteiger partial charge >= 0.3 is 0 Å². The van der Waals surface area contributed by atoms with Crippen molar-refractivity contribution in [3.05, 3.63) is 11.5 Å². The minimum Gasteiger partial charge on any atom is -0.383 e.